The molecular formula is C11H25N3O. The number of piperazine rings is 1. The van der Waals surface area contributed by atoms with Gasteiger partial charge in [0.1, 0.15) is 0 Å². The molecule has 0 atom stereocenters. The molecule has 1 aliphatic rings. The van der Waals surface area contributed by atoms with Crippen molar-refractivity contribution in [3.8, 4) is 0 Å². The average molecular weight is 215 g/mol. The van der Waals surface area contributed by atoms with Crippen molar-refractivity contribution in [1.82, 2.24) is 15.1 Å². The minimum absolute atomic E-state index is 0.146. The number of nitrogens with one attached hydrogen (secondary N) is 1. The Morgan fingerprint density at radius 3 is 2.33 bits per heavy atom. The summed E-state index contributed by atoms with van der Waals surface area (Å²) in [5.74, 6) is 0. The van der Waals surface area contributed by atoms with E-state index in [-0.39, 0.29) is 12.1 Å². The topological polar surface area (TPSA) is 38.7 Å². The van der Waals surface area contributed by atoms with Crippen LogP contribution in [0.2, 0.25) is 0 Å². The van der Waals surface area contributed by atoms with Gasteiger partial charge in [-0.2, -0.15) is 0 Å². The molecule has 0 aliphatic carbocycles. The third kappa shape index (κ3) is 4.93. The summed E-state index contributed by atoms with van der Waals surface area (Å²) < 4.78 is 0. The molecule has 0 aromatic heterocycles. The van der Waals surface area contributed by atoms with Gasteiger partial charge in [0.2, 0.25) is 0 Å². The van der Waals surface area contributed by atoms with E-state index in [9.17, 15) is 0 Å². The molecule has 15 heavy (non-hydrogen) atoms. The van der Waals surface area contributed by atoms with Crippen LogP contribution in [0.15, 0.2) is 0 Å². The molecule has 1 aliphatic heterocycles. The van der Waals surface area contributed by atoms with E-state index in [4.69, 9.17) is 5.11 Å². The fourth-order valence-electron chi connectivity index (χ4n) is 1.68. The van der Waals surface area contributed by atoms with Crippen molar-refractivity contribution in [2.75, 3.05) is 52.9 Å². The Morgan fingerprint density at radius 1 is 1.20 bits per heavy atom. The quantitative estimate of drug-likeness (QED) is 0.654. The van der Waals surface area contributed by atoms with Gasteiger partial charge in [-0.25, -0.2) is 0 Å². The normalized spacial score (nSPS) is 20.8. The molecule has 0 bridgehead atoms. The van der Waals surface area contributed by atoms with E-state index >= 15 is 0 Å². The van der Waals surface area contributed by atoms with Gasteiger partial charge in [0, 0.05) is 44.8 Å². The molecule has 0 saturated carbocycles. The van der Waals surface area contributed by atoms with Crippen LogP contribution in [0.1, 0.15) is 13.8 Å². The Labute approximate surface area is 93.2 Å². The van der Waals surface area contributed by atoms with Gasteiger partial charge >= 0.3 is 0 Å². The van der Waals surface area contributed by atoms with Crippen molar-refractivity contribution in [3.05, 3.63) is 0 Å². The minimum Gasteiger partial charge on any atom is -0.394 e. The number of hydrogen-bond donors (Lipinski definition) is 2. The molecule has 0 spiro atoms. The van der Waals surface area contributed by atoms with Crippen LogP contribution in [0.3, 0.4) is 0 Å². The van der Waals surface area contributed by atoms with Crippen LogP contribution in [0.25, 0.3) is 0 Å². The van der Waals surface area contributed by atoms with Crippen molar-refractivity contribution >= 4 is 0 Å². The number of rotatable bonds is 5. The first-order valence-corrected chi connectivity index (χ1v) is 5.80. The standard InChI is InChI=1S/C11H25N3O/c1-11(2,10-15)12-4-5-14-8-6-13(3)7-9-14/h12,15H,4-10H2,1-3H3. The maximum absolute atomic E-state index is 9.08. The Kier molecular flexibility index (Phi) is 4.99. The molecule has 0 aromatic carbocycles. The molecule has 4 heteroatoms. The summed E-state index contributed by atoms with van der Waals surface area (Å²) in [6.07, 6.45) is 0. The predicted molar refractivity (Wildman–Crippen MR) is 63.1 cm³/mol. The minimum atomic E-state index is -0.146. The summed E-state index contributed by atoms with van der Waals surface area (Å²) in [4.78, 5) is 4.84. The van der Waals surface area contributed by atoms with Crippen LogP contribution in [-0.2, 0) is 0 Å². The molecule has 1 heterocycles. The monoisotopic (exact) mass is 215 g/mol. The number of hydrogen-bond acceptors (Lipinski definition) is 4. The van der Waals surface area contributed by atoms with E-state index in [2.05, 4.69) is 22.2 Å². The second-order valence-electron chi connectivity index (χ2n) is 5.11. The highest BCUT2D eigenvalue weighted by Crippen LogP contribution is 2.01. The Hall–Kier alpha value is -0.160. The molecule has 90 valence electrons. The smallest absolute Gasteiger partial charge is 0.0607 e. The third-order valence-corrected chi connectivity index (χ3v) is 3.02. The highest BCUT2D eigenvalue weighted by molar-refractivity contribution is 4.77. The molecule has 4 nitrogen and oxygen atoms in total. The molecule has 0 radical (unpaired) electrons. The second kappa shape index (κ2) is 5.80. The van der Waals surface area contributed by atoms with Crippen LogP contribution < -0.4 is 5.32 Å². The summed E-state index contributed by atoms with van der Waals surface area (Å²) in [7, 11) is 2.17. The highest BCUT2D eigenvalue weighted by atomic mass is 16.3. The Morgan fingerprint density at radius 2 is 1.80 bits per heavy atom. The van der Waals surface area contributed by atoms with Gasteiger partial charge in [0.15, 0.2) is 0 Å². The Bertz CT molecular complexity index is 177. The molecule has 2 N–H and O–H groups in total. The zero-order chi connectivity index (χ0) is 11.3. The van der Waals surface area contributed by atoms with Gasteiger partial charge in [0.05, 0.1) is 6.61 Å². The fraction of sp³-hybridized carbons (Fsp3) is 1.00. The lowest BCUT2D eigenvalue weighted by molar-refractivity contribution is 0.143. The van der Waals surface area contributed by atoms with Crippen LogP contribution in [0.5, 0.6) is 0 Å². The third-order valence-electron chi connectivity index (χ3n) is 3.02. The molecule has 1 saturated heterocycles. The van der Waals surface area contributed by atoms with Crippen LogP contribution in [0, 0.1) is 0 Å². The van der Waals surface area contributed by atoms with Gasteiger partial charge in [0.25, 0.3) is 0 Å². The maximum Gasteiger partial charge on any atom is 0.0607 e. The van der Waals surface area contributed by atoms with E-state index < -0.39 is 0 Å². The van der Waals surface area contributed by atoms with Gasteiger partial charge in [-0.15, -0.1) is 0 Å². The zero-order valence-corrected chi connectivity index (χ0v) is 10.3. The lowest BCUT2D eigenvalue weighted by Gasteiger charge is -2.33. The summed E-state index contributed by atoms with van der Waals surface area (Å²) >= 11 is 0. The number of nitrogens with zero attached hydrogens (tertiary/aromatic N) is 2. The predicted octanol–water partition coefficient (Wildman–Crippen LogP) is -0.406. The van der Waals surface area contributed by atoms with Gasteiger partial charge in [-0.05, 0) is 20.9 Å². The first-order chi connectivity index (χ1) is 7.03. The lowest BCUT2D eigenvalue weighted by atomic mass is 10.1. The van der Waals surface area contributed by atoms with Gasteiger partial charge < -0.3 is 15.3 Å². The number of aliphatic hydroxyl groups is 1. The van der Waals surface area contributed by atoms with E-state index in [0.29, 0.717) is 0 Å². The summed E-state index contributed by atoms with van der Waals surface area (Å²) in [5, 5.41) is 12.4. The SMILES string of the molecule is CN1CCN(CCNC(C)(C)CO)CC1. The largest absolute Gasteiger partial charge is 0.394 e. The van der Waals surface area contributed by atoms with Crippen LogP contribution >= 0.6 is 0 Å². The fourth-order valence-corrected chi connectivity index (χ4v) is 1.68. The van der Waals surface area contributed by atoms with Crippen molar-refractivity contribution in [2.45, 2.75) is 19.4 Å². The zero-order valence-electron chi connectivity index (χ0n) is 10.3. The van der Waals surface area contributed by atoms with E-state index in [1.54, 1.807) is 0 Å². The second-order valence-corrected chi connectivity index (χ2v) is 5.11. The van der Waals surface area contributed by atoms with Gasteiger partial charge in [-0.3, -0.25) is 4.90 Å². The van der Waals surface area contributed by atoms with Crippen molar-refractivity contribution in [1.29, 1.82) is 0 Å². The summed E-state index contributed by atoms with van der Waals surface area (Å²) in [6.45, 7) is 10.9. The summed E-state index contributed by atoms with van der Waals surface area (Å²) in [5.41, 5.74) is -0.146. The van der Waals surface area contributed by atoms with Crippen molar-refractivity contribution in [2.24, 2.45) is 0 Å². The van der Waals surface area contributed by atoms with Crippen LogP contribution in [0.4, 0.5) is 0 Å². The maximum atomic E-state index is 9.08. The van der Waals surface area contributed by atoms with E-state index in [0.717, 1.165) is 26.2 Å². The number of likely N-dealkylation sites (N-methyl/N-ethyl adjacent to an activating group) is 1. The Balaban J connectivity index is 2.10. The first kappa shape index (κ1) is 12.9. The van der Waals surface area contributed by atoms with E-state index in [1.807, 2.05) is 13.8 Å². The highest BCUT2D eigenvalue weighted by Gasteiger charge is 2.17. The molecule has 1 rings (SSSR count). The van der Waals surface area contributed by atoms with E-state index in [1.165, 1.54) is 13.1 Å². The summed E-state index contributed by atoms with van der Waals surface area (Å²) in [6, 6.07) is 0. The molecular weight excluding hydrogens is 190 g/mol. The van der Waals surface area contributed by atoms with Crippen LogP contribution in [-0.4, -0.2) is 73.4 Å². The molecule has 1 fully saturated rings. The average Bonchev–Trinajstić information content (AvgIpc) is 2.21. The van der Waals surface area contributed by atoms with Crippen molar-refractivity contribution < 1.29 is 5.11 Å². The first-order valence-electron chi connectivity index (χ1n) is 5.80. The lowest BCUT2D eigenvalue weighted by Crippen LogP contribution is -2.50. The molecule has 0 amide bonds. The molecule has 0 aromatic rings. The van der Waals surface area contributed by atoms with Gasteiger partial charge in [-0.1, -0.05) is 0 Å². The molecule has 0 unspecified atom stereocenters. The van der Waals surface area contributed by atoms with Crippen molar-refractivity contribution in [3.63, 3.8) is 0 Å². The number of aliphatic hydroxyl groups excluding tert-OH is 1.